The molecule has 2 N–H and O–H groups in total. The number of para-hydroxylation sites is 2. The molecule has 0 aliphatic heterocycles. The van der Waals surface area contributed by atoms with Crippen LogP contribution in [0.25, 0.3) is 5.69 Å². The number of carbonyl (C=O) groups is 1. The number of amides is 1. The molecule has 0 aliphatic rings. The average Bonchev–Trinajstić information content (AvgIpc) is 2.93. The van der Waals surface area contributed by atoms with Crippen molar-refractivity contribution < 1.29 is 14.6 Å². The molecule has 3 rings (SSSR count). The van der Waals surface area contributed by atoms with Crippen molar-refractivity contribution in [2.24, 2.45) is 0 Å². The lowest BCUT2D eigenvalue weighted by Gasteiger charge is -2.10. The second kappa shape index (κ2) is 7.63. The minimum absolute atomic E-state index is 0.0133. The van der Waals surface area contributed by atoms with E-state index in [9.17, 15) is 9.90 Å². The van der Waals surface area contributed by atoms with Gasteiger partial charge in [0.2, 0.25) is 0 Å². The Bertz CT molecular complexity index is 845. The van der Waals surface area contributed by atoms with E-state index in [0.29, 0.717) is 18.0 Å². The van der Waals surface area contributed by atoms with Crippen LogP contribution >= 0.6 is 0 Å². The molecule has 0 atom stereocenters. The number of nitrogens with one attached hydrogen (secondary N) is 1. The van der Waals surface area contributed by atoms with E-state index in [1.54, 1.807) is 28.9 Å². The fourth-order valence-electron chi connectivity index (χ4n) is 2.51. The number of aromatic nitrogens is 2. The van der Waals surface area contributed by atoms with Crippen molar-refractivity contribution in [1.29, 1.82) is 0 Å². The highest BCUT2D eigenvalue weighted by atomic mass is 16.6. The first-order valence-electron chi connectivity index (χ1n) is 7.97. The summed E-state index contributed by atoms with van der Waals surface area (Å²) in [6.07, 6.45) is -0.185. The molecule has 128 valence electrons. The maximum atomic E-state index is 12.3. The fraction of sp³-hybridized carbons (Fsp3) is 0.158. The molecule has 0 saturated heterocycles. The quantitative estimate of drug-likeness (QED) is 0.749. The van der Waals surface area contributed by atoms with Gasteiger partial charge >= 0.3 is 6.09 Å². The molecular formula is C19H19N3O3. The van der Waals surface area contributed by atoms with Crippen molar-refractivity contribution in [3.05, 3.63) is 71.9 Å². The smallest absolute Gasteiger partial charge is 0.410 e. The first-order valence-corrected chi connectivity index (χ1v) is 7.97. The van der Waals surface area contributed by atoms with Crippen LogP contribution < -0.4 is 10.1 Å². The van der Waals surface area contributed by atoms with Gasteiger partial charge in [-0.1, -0.05) is 36.4 Å². The third kappa shape index (κ3) is 3.87. The number of carbonyl (C=O) groups excluding carboxylic acids is 1. The summed E-state index contributed by atoms with van der Waals surface area (Å²) in [4.78, 5) is 12.3. The number of hydrogen-bond acceptors (Lipinski definition) is 4. The number of aliphatic hydroxyl groups is 1. The molecule has 3 aromatic rings. The third-order valence-electron chi connectivity index (χ3n) is 3.74. The highest BCUT2D eigenvalue weighted by Gasteiger charge is 2.18. The first kappa shape index (κ1) is 16.7. The van der Waals surface area contributed by atoms with E-state index in [-0.39, 0.29) is 6.61 Å². The second-order valence-corrected chi connectivity index (χ2v) is 5.47. The molecule has 1 aromatic heterocycles. The van der Waals surface area contributed by atoms with E-state index >= 15 is 0 Å². The van der Waals surface area contributed by atoms with Crippen molar-refractivity contribution in [3.8, 4) is 11.4 Å². The van der Waals surface area contributed by atoms with Crippen molar-refractivity contribution in [1.82, 2.24) is 9.78 Å². The molecule has 0 radical (unpaired) electrons. The number of rotatable bonds is 5. The zero-order chi connectivity index (χ0) is 17.6. The molecule has 0 saturated carbocycles. The van der Waals surface area contributed by atoms with E-state index in [1.165, 1.54) is 0 Å². The molecule has 1 amide bonds. The van der Waals surface area contributed by atoms with Gasteiger partial charge in [-0.15, -0.1) is 0 Å². The maximum absolute atomic E-state index is 12.3. The first-order chi connectivity index (χ1) is 12.2. The largest absolute Gasteiger partial charge is 0.418 e. The number of nitrogens with zero attached hydrogens (tertiary/aromatic N) is 2. The van der Waals surface area contributed by atoms with Gasteiger partial charge in [0.1, 0.15) is 11.6 Å². The van der Waals surface area contributed by atoms with Crippen LogP contribution in [0.3, 0.4) is 0 Å². The lowest BCUT2D eigenvalue weighted by atomic mass is 10.2. The van der Waals surface area contributed by atoms with E-state index in [1.807, 2.05) is 43.3 Å². The number of ether oxygens (including phenoxy) is 1. The predicted octanol–water partition coefficient (Wildman–Crippen LogP) is 3.33. The molecule has 25 heavy (non-hydrogen) atoms. The number of benzene rings is 2. The summed E-state index contributed by atoms with van der Waals surface area (Å²) in [5.41, 5.74) is 2.33. The van der Waals surface area contributed by atoms with Crippen LogP contribution in [0.4, 0.5) is 10.6 Å². The molecular weight excluding hydrogens is 318 g/mol. The zero-order valence-corrected chi connectivity index (χ0v) is 13.8. The van der Waals surface area contributed by atoms with Gasteiger partial charge in [0.05, 0.1) is 11.4 Å². The molecule has 0 spiro atoms. The molecule has 0 fully saturated rings. The van der Waals surface area contributed by atoms with Crippen molar-refractivity contribution in [3.63, 3.8) is 0 Å². The Balaban J connectivity index is 1.90. The van der Waals surface area contributed by atoms with Gasteiger partial charge in [0, 0.05) is 18.6 Å². The molecule has 0 unspecified atom stereocenters. The molecule has 2 aromatic carbocycles. The Hall–Kier alpha value is -3.12. The summed E-state index contributed by atoms with van der Waals surface area (Å²) >= 11 is 0. The Morgan fingerprint density at radius 3 is 2.40 bits per heavy atom. The van der Waals surface area contributed by atoms with Crippen LogP contribution in [-0.2, 0) is 6.42 Å². The maximum Gasteiger partial charge on any atom is 0.418 e. The van der Waals surface area contributed by atoms with Crippen molar-refractivity contribution in [2.45, 2.75) is 13.3 Å². The summed E-state index contributed by atoms with van der Waals surface area (Å²) in [5, 5.41) is 16.5. The van der Waals surface area contributed by atoms with Crippen LogP contribution in [0.5, 0.6) is 5.75 Å². The average molecular weight is 337 g/mol. The summed E-state index contributed by atoms with van der Waals surface area (Å²) in [5.74, 6) is 0.981. The van der Waals surface area contributed by atoms with Crippen LogP contribution in [0.1, 0.15) is 11.3 Å². The number of hydrogen-bond donors (Lipinski definition) is 2. The van der Waals surface area contributed by atoms with E-state index in [2.05, 4.69) is 10.4 Å². The molecule has 6 nitrogen and oxygen atoms in total. The van der Waals surface area contributed by atoms with Gasteiger partial charge in [0.25, 0.3) is 0 Å². The van der Waals surface area contributed by atoms with Crippen LogP contribution in [0.2, 0.25) is 0 Å². The number of aliphatic hydroxyl groups excluding tert-OH is 1. The third-order valence-corrected chi connectivity index (χ3v) is 3.74. The van der Waals surface area contributed by atoms with Crippen LogP contribution in [0.15, 0.2) is 60.7 Å². The number of anilines is 1. The van der Waals surface area contributed by atoms with Crippen LogP contribution in [0, 0.1) is 6.92 Å². The summed E-state index contributed by atoms with van der Waals surface area (Å²) in [6.45, 7) is 1.84. The minimum atomic E-state index is -0.595. The highest BCUT2D eigenvalue weighted by Crippen LogP contribution is 2.24. The Labute approximate surface area is 145 Å². The zero-order valence-electron chi connectivity index (χ0n) is 13.8. The SMILES string of the molecule is Cc1c(CCO)nn(-c2ccccc2)c1NC(=O)Oc1ccccc1. The predicted molar refractivity (Wildman–Crippen MR) is 95.2 cm³/mol. The Morgan fingerprint density at radius 1 is 1.12 bits per heavy atom. The van der Waals surface area contributed by atoms with Gasteiger partial charge in [0.15, 0.2) is 0 Å². The van der Waals surface area contributed by atoms with E-state index in [0.717, 1.165) is 16.9 Å². The van der Waals surface area contributed by atoms with Gasteiger partial charge < -0.3 is 9.84 Å². The normalized spacial score (nSPS) is 10.5. The fourth-order valence-corrected chi connectivity index (χ4v) is 2.51. The summed E-state index contributed by atoms with van der Waals surface area (Å²) in [6, 6.07) is 18.3. The van der Waals surface area contributed by atoms with Crippen molar-refractivity contribution >= 4 is 11.9 Å². The topological polar surface area (TPSA) is 76.4 Å². The summed E-state index contributed by atoms with van der Waals surface area (Å²) < 4.78 is 6.94. The minimum Gasteiger partial charge on any atom is -0.410 e. The lowest BCUT2D eigenvalue weighted by Crippen LogP contribution is -2.19. The monoisotopic (exact) mass is 337 g/mol. The van der Waals surface area contributed by atoms with Gasteiger partial charge in [-0.05, 0) is 31.2 Å². The van der Waals surface area contributed by atoms with E-state index < -0.39 is 6.09 Å². The molecule has 0 bridgehead atoms. The lowest BCUT2D eigenvalue weighted by molar-refractivity contribution is 0.215. The van der Waals surface area contributed by atoms with Gasteiger partial charge in [-0.3, -0.25) is 5.32 Å². The Kier molecular flexibility index (Phi) is 5.11. The molecule has 0 aliphatic carbocycles. The van der Waals surface area contributed by atoms with E-state index in [4.69, 9.17) is 4.74 Å². The van der Waals surface area contributed by atoms with Gasteiger partial charge in [-0.25, -0.2) is 9.48 Å². The molecule has 1 heterocycles. The summed E-state index contributed by atoms with van der Waals surface area (Å²) in [7, 11) is 0. The Morgan fingerprint density at radius 2 is 1.76 bits per heavy atom. The standard InChI is InChI=1S/C19H19N3O3/c1-14-17(12-13-23)21-22(15-8-4-2-5-9-15)18(14)20-19(24)25-16-10-6-3-7-11-16/h2-11,23H,12-13H2,1H3,(H,20,24). The van der Waals surface area contributed by atoms with Gasteiger partial charge in [-0.2, -0.15) is 5.10 Å². The van der Waals surface area contributed by atoms with Crippen molar-refractivity contribution in [2.75, 3.05) is 11.9 Å². The highest BCUT2D eigenvalue weighted by molar-refractivity contribution is 5.86. The van der Waals surface area contributed by atoms with Crippen LogP contribution in [-0.4, -0.2) is 27.6 Å². The molecule has 6 heteroatoms. The second-order valence-electron chi connectivity index (χ2n) is 5.47.